The predicted molar refractivity (Wildman–Crippen MR) is 155 cm³/mol. The zero-order chi connectivity index (χ0) is 28.3. The molecule has 12 heteroatoms. The van der Waals surface area contributed by atoms with E-state index < -0.39 is 34.5 Å². The number of para-hydroxylation sites is 2. The number of rotatable bonds is 9. The summed E-state index contributed by atoms with van der Waals surface area (Å²) in [6.07, 6.45) is -0.398. The molecule has 1 atom stereocenters. The van der Waals surface area contributed by atoms with Gasteiger partial charge in [0.1, 0.15) is 4.21 Å². The summed E-state index contributed by atoms with van der Waals surface area (Å²) in [7, 11) is -4.01. The number of urea groups is 1. The first-order valence-electron chi connectivity index (χ1n) is 12.2. The molecule has 0 bridgehead atoms. The van der Waals surface area contributed by atoms with E-state index in [0.717, 1.165) is 27.9 Å². The number of nitrogens with zero attached hydrogens (tertiary/aromatic N) is 1. The number of carbonyl (C=O) groups is 2. The number of aryl methyl sites for hydroxylation is 1. The number of sulfonamides is 1. The van der Waals surface area contributed by atoms with E-state index in [4.69, 9.17) is 0 Å². The van der Waals surface area contributed by atoms with Crippen molar-refractivity contribution in [3.05, 3.63) is 96.1 Å². The van der Waals surface area contributed by atoms with Gasteiger partial charge in [-0.1, -0.05) is 54.6 Å². The van der Waals surface area contributed by atoms with Crippen molar-refractivity contribution < 1.29 is 23.1 Å². The molecule has 0 aliphatic carbocycles. The number of H-pyrrole nitrogens is 1. The average Bonchev–Trinajstić information content (AvgIpc) is 3.57. The number of thiophene rings is 1. The smallest absolute Gasteiger partial charge is 0.326 e. The molecule has 2 aromatic heterocycles. The van der Waals surface area contributed by atoms with E-state index in [1.54, 1.807) is 42.5 Å². The van der Waals surface area contributed by atoms with Crippen LogP contribution < -0.4 is 15.4 Å². The number of anilines is 2. The minimum absolute atomic E-state index is 0.0477. The van der Waals surface area contributed by atoms with Gasteiger partial charge in [-0.25, -0.2) is 22.9 Å². The van der Waals surface area contributed by atoms with Gasteiger partial charge in [0.2, 0.25) is 5.95 Å². The van der Waals surface area contributed by atoms with Crippen LogP contribution in [0.1, 0.15) is 23.6 Å². The number of fused-ring (bicyclic) bond motifs is 1. The molecule has 5 N–H and O–H groups in total. The SMILES string of the molecule is Cc1ccc(-c2ccc(S(=O)(=O)NC(CC(=O)O)c3ccccc3)s2)cc1NC(=O)Nc1nc2ccccc2[nH]1. The third kappa shape index (κ3) is 6.20. The molecule has 0 aliphatic heterocycles. The van der Waals surface area contributed by atoms with Gasteiger partial charge in [0, 0.05) is 10.6 Å². The van der Waals surface area contributed by atoms with Gasteiger partial charge < -0.3 is 15.4 Å². The van der Waals surface area contributed by atoms with Crippen LogP contribution >= 0.6 is 11.3 Å². The number of carboxylic acids is 1. The van der Waals surface area contributed by atoms with E-state index in [1.807, 2.05) is 43.3 Å². The Hall–Kier alpha value is -4.52. The van der Waals surface area contributed by atoms with Crippen LogP contribution in [0, 0.1) is 6.92 Å². The summed E-state index contributed by atoms with van der Waals surface area (Å²) < 4.78 is 28.9. The summed E-state index contributed by atoms with van der Waals surface area (Å²) in [5, 5.41) is 14.8. The number of benzene rings is 3. The summed E-state index contributed by atoms with van der Waals surface area (Å²) >= 11 is 1.05. The minimum atomic E-state index is -4.01. The second kappa shape index (κ2) is 11.3. The van der Waals surface area contributed by atoms with Crippen LogP contribution in [0.25, 0.3) is 21.5 Å². The lowest BCUT2D eigenvalue weighted by Crippen LogP contribution is -2.29. The quantitative estimate of drug-likeness (QED) is 0.151. The Bertz CT molecular complexity index is 1770. The van der Waals surface area contributed by atoms with Gasteiger partial charge in [-0.15, -0.1) is 11.3 Å². The fraction of sp³-hybridized carbons (Fsp3) is 0.107. The molecule has 10 nitrogen and oxygen atoms in total. The molecule has 0 saturated carbocycles. The molecule has 2 heterocycles. The maximum Gasteiger partial charge on any atom is 0.326 e. The molecule has 2 amide bonds. The number of imidazole rings is 1. The largest absolute Gasteiger partial charge is 0.481 e. The summed E-state index contributed by atoms with van der Waals surface area (Å²) in [4.78, 5) is 32.1. The highest BCUT2D eigenvalue weighted by molar-refractivity contribution is 7.91. The van der Waals surface area contributed by atoms with Gasteiger partial charge in [-0.3, -0.25) is 10.1 Å². The van der Waals surface area contributed by atoms with Crippen LogP contribution in [-0.2, 0) is 14.8 Å². The number of aliphatic carboxylic acids is 1. The zero-order valence-corrected chi connectivity index (χ0v) is 22.8. The third-order valence-electron chi connectivity index (χ3n) is 6.12. The fourth-order valence-corrected chi connectivity index (χ4v) is 6.68. The molecular formula is C28H25N5O5S2. The van der Waals surface area contributed by atoms with E-state index in [9.17, 15) is 23.1 Å². The molecule has 0 aliphatic rings. The first kappa shape index (κ1) is 27.1. The standard InChI is InChI=1S/C28H25N5O5S2/c1-17-11-12-19(15-22(17)31-28(36)32-27-29-20-9-5-6-10-21(20)30-27)24-13-14-26(39-24)40(37,38)33-23(16-25(34)35)18-7-3-2-4-8-18/h2-15,23,33H,16H2,1H3,(H,34,35)(H3,29,30,31,32,36). The van der Waals surface area contributed by atoms with Crippen molar-refractivity contribution in [1.29, 1.82) is 0 Å². The first-order chi connectivity index (χ1) is 19.2. The van der Waals surface area contributed by atoms with Crippen LogP contribution in [0.2, 0.25) is 0 Å². The molecule has 0 fully saturated rings. The lowest BCUT2D eigenvalue weighted by atomic mass is 10.1. The lowest BCUT2D eigenvalue weighted by molar-refractivity contribution is -0.137. The van der Waals surface area contributed by atoms with E-state index in [-0.39, 0.29) is 4.21 Å². The van der Waals surface area contributed by atoms with Gasteiger partial charge >= 0.3 is 12.0 Å². The molecule has 5 aromatic rings. The van der Waals surface area contributed by atoms with E-state index in [2.05, 4.69) is 25.3 Å². The molecule has 3 aromatic carbocycles. The molecule has 0 radical (unpaired) electrons. The maximum atomic E-state index is 13.2. The number of carboxylic acid groups (broad SMARTS) is 1. The Morgan fingerprint density at radius 3 is 2.48 bits per heavy atom. The van der Waals surface area contributed by atoms with Crippen molar-refractivity contribution in [2.24, 2.45) is 0 Å². The highest BCUT2D eigenvalue weighted by atomic mass is 32.2. The van der Waals surface area contributed by atoms with Crippen LogP contribution in [0.15, 0.2) is 89.1 Å². The zero-order valence-electron chi connectivity index (χ0n) is 21.2. The number of carbonyl (C=O) groups excluding carboxylic acids is 1. The Balaban J connectivity index is 1.32. The lowest BCUT2D eigenvalue weighted by Gasteiger charge is -2.16. The third-order valence-corrected chi connectivity index (χ3v) is 9.21. The summed E-state index contributed by atoms with van der Waals surface area (Å²) in [6.45, 7) is 1.85. The van der Waals surface area contributed by atoms with Crippen molar-refractivity contribution in [2.75, 3.05) is 10.6 Å². The Morgan fingerprint density at radius 1 is 0.975 bits per heavy atom. The number of aromatic nitrogens is 2. The number of hydrogen-bond acceptors (Lipinski definition) is 6. The maximum absolute atomic E-state index is 13.2. The number of nitrogens with one attached hydrogen (secondary N) is 4. The number of aromatic amines is 1. The molecule has 40 heavy (non-hydrogen) atoms. The van der Waals surface area contributed by atoms with E-state index in [1.165, 1.54) is 6.07 Å². The molecule has 0 saturated heterocycles. The Labute approximate surface area is 234 Å². The van der Waals surface area contributed by atoms with E-state index in [0.29, 0.717) is 27.6 Å². The molecule has 5 rings (SSSR count). The van der Waals surface area contributed by atoms with Crippen LogP contribution in [0.5, 0.6) is 0 Å². The van der Waals surface area contributed by atoms with Crippen molar-refractivity contribution in [3.63, 3.8) is 0 Å². The highest BCUT2D eigenvalue weighted by Gasteiger charge is 2.25. The monoisotopic (exact) mass is 575 g/mol. The van der Waals surface area contributed by atoms with E-state index >= 15 is 0 Å². The van der Waals surface area contributed by atoms with Crippen molar-refractivity contribution in [1.82, 2.24) is 14.7 Å². The molecule has 0 spiro atoms. The summed E-state index contributed by atoms with van der Waals surface area (Å²) in [5.74, 6) is -0.808. The summed E-state index contributed by atoms with van der Waals surface area (Å²) in [6, 6.07) is 23.2. The van der Waals surface area contributed by atoms with Gasteiger partial charge in [0.05, 0.1) is 23.5 Å². The van der Waals surface area contributed by atoms with Crippen LogP contribution in [0.3, 0.4) is 0 Å². The highest BCUT2D eigenvalue weighted by Crippen LogP contribution is 2.34. The van der Waals surface area contributed by atoms with Gasteiger partial charge in [0.15, 0.2) is 0 Å². The average molecular weight is 576 g/mol. The number of hydrogen-bond donors (Lipinski definition) is 5. The molecule has 204 valence electrons. The first-order valence-corrected chi connectivity index (χ1v) is 14.5. The number of amides is 2. The minimum Gasteiger partial charge on any atom is -0.481 e. The normalized spacial score (nSPS) is 12.2. The van der Waals surface area contributed by atoms with Crippen molar-refractivity contribution >= 4 is 56.0 Å². The predicted octanol–water partition coefficient (Wildman–Crippen LogP) is 5.74. The van der Waals surface area contributed by atoms with Crippen molar-refractivity contribution in [3.8, 4) is 10.4 Å². The van der Waals surface area contributed by atoms with Crippen LogP contribution in [-0.4, -0.2) is 35.5 Å². The Morgan fingerprint density at radius 2 is 1.73 bits per heavy atom. The second-order valence-electron chi connectivity index (χ2n) is 9.01. The summed E-state index contributed by atoms with van der Waals surface area (Å²) in [5.41, 5.74) is 4.15. The second-order valence-corrected chi connectivity index (χ2v) is 12.0. The van der Waals surface area contributed by atoms with Gasteiger partial charge in [-0.05, 0) is 53.9 Å². The van der Waals surface area contributed by atoms with Gasteiger partial charge in [0.25, 0.3) is 10.0 Å². The van der Waals surface area contributed by atoms with Gasteiger partial charge in [-0.2, -0.15) is 0 Å². The fourth-order valence-electron chi connectivity index (χ4n) is 4.14. The topological polar surface area (TPSA) is 153 Å². The van der Waals surface area contributed by atoms with Crippen LogP contribution in [0.4, 0.5) is 16.4 Å². The Kier molecular flexibility index (Phi) is 7.65. The van der Waals surface area contributed by atoms with Crippen molar-refractivity contribution in [2.45, 2.75) is 23.6 Å². The molecule has 1 unspecified atom stereocenters. The molecular weight excluding hydrogens is 550 g/mol.